The highest BCUT2D eigenvalue weighted by Crippen LogP contribution is 2.51. The topological polar surface area (TPSA) is 27.8 Å². The Morgan fingerprint density at radius 1 is 0.371 bits per heavy atom. The lowest BCUT2D eigenvalue weighted by atomic mass is 9.33. The maximum absolute atomic E-state index is 6.50. The number of benzene rings is 11. The molecule has 0 fully saturated rings. The summed E-state index contributed by atoms with van der Waals surface area (Å²) in [6, 6.07) is 80.6. The van der Waals surface area contributed by atoms with E-state index < -0.39 is 0 Å². The SMILES string of the molecule is Cc1cc2c3c(c1)N(c1c(C)cc(-c4ccc5c(c4)oc4ccccc45)cc1C)c1cc(N(c4ccc5c6ccccc6n(-c6ccccc6)c5c4)c4c(C)cc(C(C)(C)C)cc4C)ccc1B3c1ccc(C(C)(C)C)cc1N2c1ccc(C(C)(C)C)cc1. The number of furan rings is 1. The van der Waals surface area contributed by atoms with Crippen LogP contribution in [0.4, 0.5) is 51.2 Å². The molecule has 438 valence electrons. The van der Waals surface area contributed by atoms with Crippen molar-refractivity contribution in [1.29, 1.82) is 0 Å². The highest BCUT2D eigenvalue weighted by atomic mass is 16.3. The summed E-state index contributed by atoms with van der Waals surface area (Å²) in [6.45, 7) is 32.3. The van der Waals surface area contributed by atoms with Gasteiger partial charge >= 0.3 is 0 Å². The Balaban J connectivity index is 1.00. The molecule has 0 aliphatic carbocycles. The first-order valence-corrected chi connectivity index (χ1v) is 31.8. The summed E-state index contributed by atoms with van der Waals surface area (Å²) in [5.74, 6) is 0. The molecule has 0 bridgehead atoms. The molecule has 0 saturated carbocycles. The minimum absolute atomic E-state index is 0.0115. The van der Waals surface area contributed by atoms with Crippen molar-refractivity contribution in [3.63, 3.8) is 0 Å². The zero-order valence-electron chi connectivity index (χ0n) is 54.0. The molecule has 5 nitrogen and oxygen atoms in total. The summed E-state index contributed by atoms with van der Waals surface area (Å²) >= 11 is 0. The predicted molar refractivity (Wildman–Crippen MR) is 382 cm³/mol. The molecular weight excluding hydrogens is 1080 g/mol. The van der Waals surface area contributed by atoms with Gasteiger partial charge in [0.1, 0.15) is 11.2 Å². The van der Waals surface area contributed by atoms with Crippen LogP contribution in [-0.2, 0) is 16.2 Å². The van der Waals surface area contributed by atoms with Crippen LogP contribution >= 0.6 is 0 Å². The maximum atomic E-state index is 6.50. The molecule has 0 N–H and O–H groups in total. The highest BCUT2D eigenvalue weighted by molar-refractivity contribution is 7.00. The van der Waals surface area contributed by atoms with Crippen molar-refractivity contribution in [2.45, 2.75) is 113 Å². The lowest BCUT2D eigenvalue weighted by molar-refractivity contribution is 0.589. The van der Waals surface area contributed by atoms with Gasteiger partial charge in [0, 0.05) is 67.0 Å². The number of fused-ring (bicyclic) bond motifs is 10. The summed E-state index contributed by atoms with van der Waals surface area (Å²) in [7, 11) is 0. The number of nitrogens with zero attached hydrogens (tertiary/aromatic N) is 4. The average Bonchev–Trinajstić information content (AvgIpc) is 1.33. The van der Waals surface area contributed by atoms with Crippen LogP contribution in [-0.4, -0.2) is 11.3 Å². The van der Waals surface area contributed by atoms with Gasteiger partial charge in [-0.15, -0.1) is 0 Å². The monoisotopic (exact) mass is 1160 g/mol. The van der Waals surface area contributed by atoms with Gasteiger partial charge in [0.05, 0.1) is 22.4 Å². The molecule has 0 atom stereocenters. The van der Waals surface area contributed by atoms with Gasteiger partial charge in [0.2, 0.25) is 0 Å². The Morgan fingerprint density at radius 2 is 0.921 bits per heavy atom. The quantitative estimate of drug-likeness (QED) is 0.149. The first kappa shape index (κ1) is 56.0. The average molecular weight is 1160 g/mol. The smallest absolute Gasteiger partial charge is 0.252 e. The van der Waals surface area contributed by atoms with Gasteiger partial charge in [-0.05, 0) is 226 Å². The van der Waals surface area contributed by atoms with Gasteiger partial charge in [0.25, 0.3) is 6.71 Å². The molecule has 0 amide bonds. The largest absolute Gasteiger partial charge is 0.456 e. The standard InChI is InChI=1S/C83H77BN4O/c1-50-40-74-78-75(41-50)88(80-51(2)42-56(43-52(80)3)55-28-36-67-66-25-19-21-27-76(66)89-77(67)46-55)73-49-63(35-39-69(73)84(78)68-38-31-58(82(9,10)11)47-72(68)87(74)61-32-29-57(30-33-61)81(6,7)8)85(79-53(4)44-59(45-54(79)5)83(12,13)14)62-34-37-65-64-24-18-20-26-70(64)86(71(65)48-62)60-22-16-15-17-23-60/h15-49H,1-14H3. The number of aryl methyl sites for hydroxylation is 5. The van der Waals surface area contributed by atoms with E-state index in [9.17, 15) is 0 Å². The molecule has 4 heterocycles. The number of hydrogen-bond acceptors (Lipinski definition) is 4. The first-order chi connectivity index (χ1) is 42.6. The second-order valence-electron chi connectivity index (χ2n) is 28.6. The third-order valence-electron chi connectivity index (χ3n) is 19.3. The van der Waals surface area contributed by atoms with Crippen LogP contribution in [0.3, 0.4) is 0 Å². The van der Waals surface area contributed by atoms with Crippen LogP contribution in [0.1, 0.15) is 107 Å². The Hall–Kier alpha value is -9.52. The van der Waals surface area contributed by atoms with Gasteiger partial charge in [-0.3, -0.25) is 0 Å². The third kappa shape index (κ3) is 9.11. The van der Waals surface area contributed by atoms with E-state index in [1.807, 2.05) is 6.07 Å². The molecule has 2 aliphatic heterocycles. The second kappa shape index (κ2) is 20.3. The predicted octanol–water partition coefficient (Wildman–Crippen LogP) is 21.3. The molecule has 2 aliphatic rings. The molecule has 11 aromatic carbocycles. The van der Waals surface area contributed by atoms with Crippen LogP contribution in [0.5, 0.6) is 0 Å². The number of aromatic nitrogens is 1. The Morgan fingerprint density at radius 3 is 1.61 bits per heavy atom. The zero-order valence-corrected chi connectivity index (χ0v) is 54.0. The molecule has 15 rings (SSSR count). The van der Waals surface area contributed by atoms with Crippen molar-refractivity contribution in [2.75, 3.05) is 14.7 Å². The molecule has 6 heteroatoms. The normalized spacial score (nSPS) is 13.2. The number of rotatable bonds is 7. The summed E-state index contributed by atoms with van der Waals surface area (Å²) in [6.07, 6.45) is 0. The van der Waals surface area contributed by atoms with E-state index in [0.717, 1.165) is 61.3 Å². The van der Waals surface area contributed by atoms with Crippen LogP contribution in [0.2, 0.25) is 0 Å². The summed E-state index contributed by atoms with van der Waals surface area (Å²) < 4.78 is 8.95. The van der Waals surface area contributed by atoms with Gasteiger partial charge in [-0.2, -0.15) is 0 Å². The van der Waals surface area contributed by atoms with Crippen molar-refractivity contribution in [1.82, 2.24) is 4.57 Å². The van der Waals surface area contributed by atoms with E-state index in [0.29, 0.717) is 0 Å². The number of para-hydroxylation sites is 3. The Labute approximate surface area is 525 Å². The van der Waals surface area contributed by atoms with E-state index >= 15 is 0 Å². The van der Waals surface area contributed by atoms with E-state index in [2.05, 4.69) is 322 Å². The Bertz CT molecular complexity index is 4990. The lowest BCUT2D eigenvalue weighted by Gasteiger charge is -2.45. The minimum atomic E-state index is -0.0774. The molecule has 0 radical (unpaired) electrons. The second-order valence-corrected chi connectivity index (χ2v) is 28.6. The zero-order chi connectivity index (χ0) is 61.7. The van der Waals surface area contributed by atoms with Gasteiger partial charge in [-0.25, -0.2) is 0 Å². The molecule has 89 heavy (non-hydrogen) atoms. The molecular formula is C83H77BN4O. The van der Waals surface area contributed by atoms with E-state index in [-0.39, 0.29) is 23.0 Å². The summed E-state index contributed by atoms with van der Waals surface area (Å²) in [5.41, 5.74) is 31.9. The van der Waals surface area contributed by atoms with Gasteiger partial charge < -0.3 is 23.7 Å². The van der Waals surface area contributed by atoms with Crippen molar-refractivity contribution >= 4 is 118 Å². The lowest BCUT2D eigenvalue weighted by Crippen LogP contribution is -2.61. The van der Waals surface area contributed by atoms with E-state index in [1.54, 1.807) is 0 Å². The highest BCUT2D eigenvalue weighted by Gasteiger charge is 2.45. The summed E-state index contributed by atoms with van der Waals surface area (Å²) in [4.78, 5) is 7.78. The van der Waals surface area contributed by atoms with Crippen LogP contribution in [0.25, 0.3) is 60.6 Å². The van der Waals surface area contributed by atoms with Gasteiger partial charge in [0.15, 0.2) is 0 Å². The molecule has 0 saturated heterocycles. The first-order valence-electron chi connectivity index (χ1n) is 31.8. The molecule has 0 unspecified atom stereocenters. The van der Waals surface area contributed by atoms with Crippen LogP contribution < -0.4 is 31.1 Å². The molecule has 13 aromatic rings. The van der Waals surface area contributed by atoms with Crippen LogP contribution in [0, 0.1) is 34.6 Å². The fourth-order valence-electron chi connectivity index (χ4n) is 14.8. The molecule has 2 aromatic heterocycles. The minimum Gasteiger partial charge on any atom is -0.456 e. The third-order valence-corrected chi connectivity index (χ3v) is 19.3. The Kier molecular flexibility index (Phi) is 12.8. The number of hydrogen-bond donors (Lipinski definition) is 0. The molecule has 0 spiro atoms. The fraction of sp³-hybridized carbons (Fsp3) is 0.205. The van der Waals surface area contributed by atoms with Crippen LogP contribution in [0.15, 0.2) is 217 Å². The fourth-order valence-corrected chi connectivity index (χ4v) is 14.8. The van der Waals surface area contributed by atoms with E-state index in [1.165, 1.54) is 111 Å². The van der Waals surface area contributed by atoms with Gasteiger partial charge in [-0.1, -0.05) is 172 Å². The van der Waals surface area contributed by atoms with Crippen molar-refractivity contribution in [3.8, 4) is 16.8 Å². The van der Waals surface area contributed by atoms with Crippen molar-refractivity contribution < 1.29 is 4.42 Å². The van der Waals surface area contributed by atoms with E-state index in [4.69, 9.17) is 4.42 Å². The number of anilines is 9. The van der Waals surface area contributed by atoms with Crippen molar-refractivity contribution in [3.05, 3.63) is 257 Å². The summed E-state index contributed by atoms with van der Waals surface area (Å²) in [5, 5.41) is 4.73. The van der Waals surface area contributed by atoms with Crippen molar-refractivity contribution in [2.24, 2.45) is 0 Å². The maximum Gasteiger partial charge on any atom is 0.252 e.